The molecule has 1 amide bonds. The molecule has 2 atom stereocenters. The number of pyridine rings is 1. The Bertz CT molecular complexity index is 728. The Hall–Kier alpha value is -1.92. The van der Waals surface area contributed by atoms with Gasteiger partial charge in [0.1, 0.15) is 10.8 Å². The lowest BCUT2D eigenvalue weighted by Gasteiger charge is -2.35. The fourth-order valence-corrected chi connectivity index (χ4v) is 3.86. The molecule has 0 spiro atoms. The highest BCUT2D eigenvalue weighted by atomic mass is 32.2. The molecule has 0 N–H and O–H groups in total. The van der Waals surface area contributed by atoms with Gasteiger partial charge in [0.15, 0.2) is 0 Å². The zero-order chi connectivity index (χ0) is 17.8. The normalized spacial score (nSPS) is 20.5. The molecule has 2 unspecified atom stereocenters. The number of thioether (sulfide) groups is 1. The van der Waals surface area contributed by atoms with Gasteiger partial charge >= 0.3 is 0 Å². The molecule has 1 fully saturated rings. The first-order chi connectivity index (χ1) is 12.0. The number of aromatic nitrogens is 1. The van der Waals surface area contributed by atoms with Gasteiger partial charge in [0, 0.05) is 25.0 Å². The van der Waals surface area contributed by atoms with E-state index in [4.69, 9.17) is 4.74 Å². The summed E-state index contributed by atoms with van der Waals surface area (Å²) in [4.78, 5) is 19.1. The van der Waals surface area contributed by atoms with Gasteiger partial charge in [-0.1, -0.05) is 12.1 Å². The van der Waals surface area contributed by atoms with Gasteiger partial charge in [0.05, 0.1) is 17.8 Å². The zero-order valence-corrected chi connectivity index (χ0v) is 15.1. The summed E-state index contributed by atoms with van der Waals surface area (Å²) < 4.78 is 18.7. The number of nitrogens with zero attached hydrogens (tertiary/aromatic N) is 2. The second-order valence-corrected chi connectivity index (χ2v) is 7.20. The molecular weight excluding hydrogens is 339 g/mol. The number of rotatable bonds is 4. The maximum absolute atomic E-state index is 13.0. The smallest absolute Gasteiger partial charge is 0.256 e. The Morgan fingerprint density at radius 1 is 1.24 bits per heavy atom. The number of hydrogen-bond acceptors (Lipinski definition) is 4. The first-order valence-corrected chi connectivity index (χ1v) is 9.28. The Balaban J connectivity index is 1.73. The number of ether oxygens (including phenoxy) is 1. The third kappa shape index (κ3) is 4.58. The molecule has 2 aromatic rings. The van der Waals surface area contributed by atoms with Crippen molar-refractivity contribution in [3.05, 3.63) is 59.5 Å². The van der Waals surface area contributed by atoms with Crippen LogP contribution in [0.4, 0.5) is 4.39 Å². The fraction of sp³-hybridized carbons (Fsp3) is 0.368. The van der Waals surface area contributed by atoms with Crippen molar-refractivity contribution in [2.24, 2.45) is 0 Å². The van der Waals surface area contributed by atoms with E-state index < -0.39 is 0 Å². The Labute approximate surface area is 151 Å². The molecule has 132 valence electrons. The summed E-state index contributed by atoms with van der Waals surface area (Å²) in [5, 5.41) is 0.698. The van der Waals surface area contributed by atoms with Crippen LogP contribution in [-0.4, -0.2) is 41.1 Å². The number of benzene rings is 1. The van der Waals surface area contributed by atoms with E-state index in [2.05, 4.69) is 4.98 Å². The van der Waals surface area contributed by atoms with Crippen LogP contribution in [0.5, 0.6) is 0 Å². The third-order valence-corrected chi connectivity index (χ3v) is 5.07. The number of halogens is 1. The second kappa shape index (κ2) is 7.97. The van der Waals surface area contributed by atoms with E-state index in [0.29, 0.717) is 29.4 Å². The average Bonchev–Trinajstić information content (AvgIpc) is 2.60. The maximum atomic E-state index is 13.0. The van der Waals surface area contributed by atoms with Crippen molar-refractivity contribution < 1.29 is 13.9 Å². The molecule has 1 aromatic carbocycles. The van der Waals surface area contributed by atoms with E-state index in [1.165, 1.54) is 23.9 Å². The predicted molar refractivity (Wildman–Crippen MR) is 96.1 cm³/mol. The Morgan fingerprint density at radius 3 is 2.60 bits per heavy atom. The Morgan fingerprint density at radius 2 is 1.92 bits per heavy atom. The lowest BCUT2D eigenvalue weighted by molar-refractivity contribution is -0.0587. The van der Waals surface area contributed by atoms with Crippen LogP contribution < -0.4 is 0 Å². The van der Waals surface area contributed by atoms with Crippen molar-refractivity contribution in [3.8, 4) is 0 Å². The van der Waals surface area contributed by atoms with Gasteiger partial charge in [-0.05, 0) is 43.7 Å². The Kier molecular flexibility index (Phi) is 5.71. The topological polar surface area (TPSA) is 42.4 Å². The van der Waals surface area contributed by atoms with Gasteiger partial charge in [0.2, 0.25) is 0 Å². The van der Waals surface area contributed by atoms with Gasteiger partial charge in [0.25, 0.3) is 5.91 Å². The van der Waals surface area contributed by atoms with E-state index in [1.54, 1.807) is 24.4 Å². The molecule has 1 aliphatic rings. The van der Waals surface area contributed by atoms with E-state index in [9.17, 15) is 9.18 Å². The number of carbonyl (C=O) groups excluding carboxylic acids is 1. The van der Waals surface area contributed by atoms with Gasteiger partial charge in [-0.3, -0.25) is 4.79 Å². The number of amides is 1. The van der Waals surface area contributed by atoms with Crippen molar-refractivity contribution in [3.63, 3.8) is 0 Å². The van der Waals surface area contributed by atoms with Gasteiger partial charge in [-0.25, -0.2) is 9.37 Å². The highest BCUT2D eigenvalue weighted by molar-refractivity contribution is 7.98. The first kappa shape index (κ1) is 17.9. The SMILES string of the molecule is CC1CN(C(=O)c2cccnc2SCc2ccc(F)cc2)CC(C)O1. The molecule has 0 radical (unpaired) electrons. The highest BCUT2D eigenvalue weighted by Crippen LogP contribution is 2.26. The number of hydrogen-bond donors (Lipinski definition) is 0. The van der Waals surface area contributed by atoms with E-state index in [-0.39, 0.29) is 23.9 Å². The zero-order valence-electron chi connectivity index (χ0n) is 14.3. The van der Waals surface area contributed by atoms with Gasteiger partial charge in [-0.2, -0.15) is 0 Å². The largest absolute Gasteiger partial charge is 0.372 e. The summed E-state index contributed by atoms with van der Waals surface area (Å²) in [5.74, 6) is 0.364. The summed E-state index contributed by atoms with van der Waals surface area (Å²) in [6.45, 7) is 5.12. The van der Waals surface area contributed by atoms with Gasteiger partial charge < -0.3 is 9.64 Å². The lowest BCUT2D eigenvalue weighted by Crippen LogP contribution is -2.48. The quantitative estimate of drug-likeness (QED) is 0.779. The van der Waals surface area contributed by atoms with Crippen molar-refractivity contribution in [2.75, 3.05) is 13.1 Å². The van der Waals surface area contributed by atoms with Crippen molar-refractivity contribution in [1.82, 2.24) is 9.88 Å². The minimum Gasteiger partial charge on any atom is -0.372 e. The minimum atomic E-state index is -0.252. The molecule has 0 aliphatic carbocycles. The molecule has 1 saturated heterocycles. The molecule has 0 saturated carbocycles. The molecule has 1 aromatic heterocycles. The van der Waals surface area contributed by atoms with Crippen molar-refractivity contribution in [1.29, 1.82) is 0 Å². The van der Waals surface area contributed by atoms with Crippen LogP contribution >= 0.6 is 11.8 Å². The predicted octanol–water partition coefficient (Wildman–Crippen LogP) is 3.76. The molecule has 0 bridgehead atoms. The molecular formula is C19H21FN2O2S. The molecule has 2 heterocycles. The highest BCUT2D eigenvalue weighted by Gasteiger charge is 2.28. The van der Waals surface area contributed by atoms with Crippen LogP contribution in [0.2, 0.25) is 0 Å². The summed E-state index contributed by atoms with van der Waals surface area (Å²) in [6, 6.07) is 9.97. The number of carbonyl (C=O) groups is 1. The van der Waals surface area contributed by atoms with E-state index >= 15 is 0 Å². The van der Waals surface area contributed by atoms with Crippen LogP contribution in [0.1, 0.15) is 29.8 Å². The number of morpholine rings is 1. The maximum Gasteiger partial charge on any atom is 0.256 e. The second-order valence-electron chi connectivity index (χ2n) is 6.24. The average molecular weight is 360 g/mol. The summed E-state index contributed by atoms with van der Waals surface area (Å²) in [7, 11) is 0. The standard InChI is InChI=1S/C19H21FN2O2S/c1-13-10-22(11-14(2)24-13)19(23)17-4-3-9-21-18(17)25-12-15-5-7-16(20)8-6-15/h3-9,13-14H,10-12H2,1-2H3. The summed E-state index contributed by atoms with van der Waals surface area (Å²) in [5.41, 5.74) is 1.60. The molecule has 4 nitrogen and oxygen atoms in total. The fourth-order valence-electron chi connectivity index (χ4n) is 2.91. The summed E-state index contributed by atoms with van der Waals surface area (Å²) in [6.07, 6.45) is 1.74. The molecule has 6 heteroatoms. The molecule has 3 rings (SSSR count). The van der Waals surface area contributed by atoms with E-state index in [1.807, 2.05) is 24.8 Å². The molecule has 1 aliphatic heterocycles. The van der Waals surface area contributed by atoms with Crippen LogP contribution in [0.15, 0.2) is 47.6 Å². The summed E-state index contributed by atoms with van der Waals surface area (Å²) >= 11 is 1.49. The van der Waals surface area contributed by atoms with Crippen molar-refractivity contribution >= 4 is 17.7 Å². The van der Waals surface area contributed by atoms with Crippen molar-refractivity contribution in [2.45, 2.75) is 36.8 Å². The first-order valence-electron chi connectivity index (χ1n) is 8.30. The van der Waals surface area contributed by atoms with Gasteiger partial charge in [-0.15, -0.1) is 11.8 Å². The molecule has 25 heavy (non-hydrogen) atoms. The van der Waals surface area contributed by atoms with Crippen LogP contribution in [0, 0.1) is 5.82 Å². The third-order valence-electron chi connectivity index (χ3n) is 4.00. The van der Waals surface area contributed by atoms with Crippen LogP contribution in [0.25, 0.3) is 0 Å². The van der Waals surface area contributed by atoms with Crippen LogP contribution in [0.3, 0.4) is 0 Å². The minimum absolute atomic E-state index is 0.0169. The lowest BCUT2D eigenvalue weighted by atomic mass is 10.2. The van der Waals surface area contributed by atoms with Crippen LogP contribution in [-0.2, 0) is 10.5 Å². The van der Waals surface area contributed by atoms with E-state index in [0.717, 1.165) is 5.56 Å². The monoisotopic (exact) mass is 360 g/mol.